The Balaban J connectivity index is 1.79. The van der Waals surface area contributed by atoms with Crippen LogP contribution in [0.4, 0.5) is 9.59 Å². The normalized spacial score (nSPS) is 15.5. The average Bonchev–Trinajstić information content (AvgIpc) is 3.11. The van der Waals surface area contributed by atoms with Gasteiger partial charge in [-0.3, -0.25) is 4.90 Å². The first-order chi connectivity index (χ1) is 15.0. The van der Waals surface area contributed by atoms with E-state index in [-0.39, 0.29) is 13.2 Å². The van der Waals surface area contributed by atoms with Gasteiger partial charge in [0.05, 0.1) is 13.2 Å². The third-order valence-corrected chi connectivity index (χ3v) is 5.46. The van der Waals surface area contributed by atoms with Crippen molar-refractivity contribution >= 4 is 34.8 Å². The lowest BCUT2D eigenvalue weighted by molar-refractivity contribution is 0.0926. The van der Waals surface area contributed by atoms with E-state index in [4.69, 9.17) is 25.8 Å². The fraction of sp³-hybridized carbons (Fsp3) is 0.304. The molecule has 1 aliphatic heterocycles. The van der Waals surface area contributed by atoms with E-state index in [1.807, 2.05) is 24.3 Å². The maximum Gasteiger partial charge on any atom is 0.513 e. The molecule has 1 N–H and O–H groups in total. The Labute approximate surface area is 184 Å². The molecule has 0 aliphatic carbocycles. The summed E-state index contributed by atoms with van der Waals surface area (Å²) >= 11 is 6.23. The highest BCUT2D eigenvalue weighted by Crippen LogP contribution is 2.40. The SMILES string of the molecule is CCOC(=O)Oc1cccc(C2c3[nH]c4ccc(Cl)cc4c3CCN2C(=O)OCC)c1. The molecule has 2 aromatic carbocycles. The van der Waals surface area contributed by atoms with Crippen molar-refractivity contribution in [1.82, 2.24) is 9.88 Å². The van der Waals surface area contributed by atoms with Crippen LogP contribution in [0, 0.1) is 0 Å². The van der Waals surface area contributed by atoms with Crippen LogP contribution >= 0.6 is 11.6 Å². The van der Waals surface area contributed by atoms with Gasteiger partial charge in [0.1, 0.15) is 11.8 Å². The zero-order chi connectivity index (χ0) is 22.0. The number of fused-ring (bicyclic) bond motifs is 3. The third-order valence-electron chi connectivity index (χ3n) is 5.23. The minimum Gasteiger partial charge on any atom is -0.450 e. The Hall–Kier alpha value is -3.19. The molecule has 162 valence electrons. The monoisotopic (exact) mass is 442 g/mol. The number of benzene rings is 2. The van der Waals surface area contributed by atoms with E-state index >= 15 is 0 Å². The van der Waals surface area contributed by atoms with Crippen LogP contribution in [0.25, 0.3) is 10.9 Å². The first-order valence-corrected chi connectivity index (χ1v) is 10.6. The molecule has 3 aromatic rings. The first-order valence-electron chi connectivity index (χ1n) is 10.2. The molecule has 2 heterocycles. The number of H-pyrrole nitrogens is 1. The van der Waals surface area contributed by atoms with E-state index in [2.05, 4.69) is 4.98 Å². The summed E-state index contributed by atoms with van der Waals surface area (Å²) in [6.07, 6.45) is -0.498. The lowest BCUT2D eigenvalue weighted by Crippen LogP contribution is -2.41. The summed E-state index contributed by atoms with van der Waals surface area (Å²) in [5, 5.41) is 1.69. The van der Waals surface area contributed by atoms with Gasteiger partial charge in [-0.05, 0) is 61.7 Å². The second-order valence-electron chi connectivity index (χ2n) is 7.11. The van der Waals surface area contributed by atoms with Crippen LogP contribution in [0.3, 0.4) is 0 Å². The molecular weight excluding hydrogens is 420 g/mol. The summed E-state index contributed by atoms with van der Waals surface area (Å²) < 4.78 is 15.4. The van der Waals surface area contributed by atoms with E-state index < -0.39 is 18.3 Å². The maximum absolute atomic E-state index is 12.8. The number of nitrogens with one attached hydrogen (secondary N) is 1. The Kier molecular flexibility index (Phi) is 6.04. The van der Waals surface area contributed by atoms with Gasteiger partial charge in [0.15, 0.2) is 0 Å². The van der Waals surface area contributed by atoms with Crippen molar-refractivity contribution in [1.29, 1.82) is 0 Å². The minimum absolute atomic E-state index is 0.221. The summed E-state index contributed by atoms with van der Waals surface area (Å²) in [5.74, 6) is 0.339. The van der Waals surface area contributed by atoms with E-state index in [9.17, 15) is 9.59 Å². The molecule has 8 heteroatoms. The molecule has 0 bridgehead atoms. The molecule has 0 spiro atoms. The Morgan fingerprint density at radius 2 is 1.94 bits per heavy atom. The molecule has 31 heavy (non-hydrogen) atoms. The number of hydrogen-bond acceptors (Lipinski definition) is 5. The van der Waals surface area contributed by atoms with Gasteiger partial charge < -0.3 is 19.2 Å². The van der Waals surface area contributed by atoms with Crippen LogP contribution in [0.5, 0.6) is 5.75 Å². The number of ether oxygens (including phenoxy) is 3. The smallest absolute Gasteiger partial charge is 0.450 e. The fourth-order valence-electron chi connectivity index (χ4n) is 4.00. The van der Waals surface area contributed by atoms with E-state index in [1.54, 1.807) is 36.9 Å². The van der Waals surface area contributed by atoms with Gasteiger partial charge in [0, 0.05) is 28.2 Å². The van der Waals surface area contributed by atoms with Crippen LogP contribution in [-0.2, 0) is 15.9 Å². The number of aromatic amines is 1. The molecule has 4 rings (SSSR count). The molecular formula is C23H23ClN2O5. The second kappa shape index (κ2) is 8.89. The molecule has 7 nitrogen and oxygen atoms in total. The predicted molar refractivity (Wildman–Crippen MR) is 117 cm³/mol. The lowest BCUT2D eigenvalue weighted by Gasteiger charge is -2.35. The quantitative estimate of drug-likeness (QED) is 0.428. The molecule has 0 fully saturated rings. The third kappa shape index (κ3) is 4.18. The van der Waals surface area contributed by atoms with Crippen molar-refractivity contribution in [3.63, 3.8) is 0 Å². The number of nitrogens with zero attached hydrogens (tertiary/aromatic N) is 1. The number of amides is 1. The molecule has 0 saturated carbocycles. The standard InChI is InChI=1S/C23H23ClN2O5/c1-3-29-22(27)26-11-10-17-18-13-15(24)8-9-19(18)25-20(17)21(26)14-6-5-7-16(12-14)31-23(28)30-4-2/h5-9,12-13,21,25H,3-4,10-11H2,1-2H3. The number of rotatable bonds is 4. The summed E-state index contributed by atoms with van der Waals surface area (Å²) in [5.41, 5.74) is 3.74. The van der Waals surface area contributed by atoms with Crippen LogP contribution in [-0.4, -0.2) is 41.9 Å². The Morgan fingerprint density at radius 3 is 2.71 bits per heavy atom. The molecule has 1 aromatic heterocycles. The van der Waals surface area contributed by atoms with Crippen LogP contribution in [0.1, 0.15) is 36.7 Å². The topological polar surface area (TPSA) is 80.9 Å². The zero-order valence-corrected chi connectivity index (χ0v) is 18.1. The number of aromatic nitrogens is 1. The average molecular weight is 443 g/mol. The Morgan fingerprint density at radius 1 is 1.13 bits per heavy atom. The highest BCUT2D eigenvalue weighted by molar-refractivity contribution is 6.31. The van der Waals surface area contributed by atoms with Crippen molar-refractivity contribution in [2.24, 2.45) is 0 Å². The van der Waals surface area contributed by atoms with Gasteiger partial charge in [0.25, 0.3) is 0 Å². The summed E-state index contributed by atoms with van der Waals surface area (Å²) in [6.45, 7) is 4.47. The van der Waals surface area contributed by atoms with Gasteiger partial charge in [-0.1, -0.05) is 23.7 Å². The van der Waals surface area contributed by atoms with Crippen molar-refractivity contribution < 1.29 is 23.8 Å². The second-order valence-corrected chi connectivity index (χ2v) is 7.55. The number of carbonyl (C=O) groups excluding carboxylic acids is 2. The first kappa shape index (κ1) is 21.1. The van der Waals surface area contributed by atoms with Crippen LogP contribution in [0.2, 0.25) is 5.02 Å². The summed E-state index contributed by atoms with van der Waals surface area (Å²) in [4.78, 5) is 29.7. The van der Waals surface area contributed by atoms with Crippen molar-refractivity contribution in [3.8, 4) is 5.75 Å². The van der Waals surface area contributed by atoms with Gasteiger partial charge in [0.2, 0.25) is 0 Å². The number of halogens is 1. The molecule has 1 aliphatic rings. The fourth-order valence-corrected chi connectivity index (χ4v) is 4.17. The number of hydrogen-bond donors (Lipinski definition) is 1. The largest absolute Gasteiger partial charge is 0.513 e. The van der Waals surface area contributed by atoms with Crippen molar-refractivity contribution in [3.05, 3.63) is 64.3 Å². The van der Waals surface area contributed by atoms with Gasteiger partial charge in [-0.25, -0.2) is 9.59 Å². The Bertz CT molecular complexity index is 1130. The zero-order valence-electron chi connectivity index (χ0n) is 17.3. The molecule has 1 unspecified atom stereocenters. The highest BCUT2D eigenvalue weighted by atomic mass is 35.5. The molecule has 0 saturated heterocycles. The van der Waals surface area contributed by atoms with E-state index in [1.165, 1.54) is 0 Å². The lowest BCUT2D eigenvalue weighted by atomic mass is 9.92. The summed E-state index contributed by atoms with van der Waals surface area (Å²) in [7, 11) is 0. The summed E-state index contributed by atoms with van der Waals surface area (Å²) in [6, 6.07) is 12.3. The van der Waals surface area contributed by atoms with Gasteiger partial charge in [-0.2, -0.15) is 0 Å². The van der Waals surface area contributed by atoms with Crippen LogP contribution in [0.15, 0.2) is 42.5 Å². The van der Waals surface area contributed by atoms with E-state index in [0.717, 1.165) is 27.7 Å². The maximum atomic E-state index is 12.8. The predicted octanol–water partition coefficient (Wildman–Crippen LogP) is 5.46. The van der Waals surface area contributed by atoms with Gasteiger partial charge >= 0.3 is 12.2 Å². The molecule has 1 amide bonds. The van der Waals surface area contributed by atoms with Crippen molar-refractivity contribution in [2.45, 2.75) is 26.3 Å². The van der Waals surface area contributed by atoms with Crippen LogP contribution < -0.4 is 4.74 Å². The molecule has 1 atom stereocenters. The van der Waals surface area contributed by atoms with E-state index in [0.29, 0.717) is 23.7 Å². The molecule has 0 radical (unpaired) electrons. The van der Waals surface area contributed by atoms with Crippen molar-refractivity contribution in [2.75, 3.05) is 19.8 Å². The highest BCUT2D eigenvalue weighted by Gasteiger charge is 2.35. The minimum atomic E-state index is -0.772. The van der Waals surface area contributed by atoms with Gasteiger partial charge in [-0.15, -0.1) is 0 Å². The number of carbonyl (C=O) groups is 2.